The number of hydrogen-bond donors (Lipinski definition) is 0. The molecule has 1 atom stereocenters. The molecule has 0 amide bonds. The van der Waals surface area contributed by atoms with E-state index in [1.54, 1.807) is 18.8 Å². The number of thioether (sulfide) groups is 1. The zero-order chi connectivity index (χ0) is 22.9. The Kier molecular flexibility index (Phi) is 5.78. The van der Waals surface area contributed by atoms with Crippen LogP contribution >= 0.6 is 23.1 Å². The minimum atomic E-state index is -0.495. The first kappa shape index (κ1) is 21.5. The first-order valence-corrected chi connectivity index (χ1v) is 12.1. The molecule has 0 radical (unpaired) electrons. The van der Waals surface area contributed by atoms with Crippen molar-refractivity contribution < 1.29 is 9.53 Å². The van der Waals surface area contributed by atoms with E-state index in [9.17, 15) is 14.4 Å². The van der Waals surface area contributed by atoms with Crippen LogP contribution in [0.3, 0.4) is 0 Å². The molecular weight excluding hydrogens is 456 g/mol. The maximum atomic E-state index is 13.1. The highest BCUT2D eigenvalue weighted by Crippen LogP contribution is 2.33. The van der Waals surface area contributed by atoms with Gasteiger partial charge in [0.05, 0.1) is 17.2 Å². The summed E-state index contributed by atoms with van der Waals surface area (Å²) in [5, 5.41) is 0.358. The quantitative estimate of drug-likeness (QED) is 0.405. The van der Waals surface area contributed by atoms with Crippen molar-refractivity contribution >= 4 is 45.4 Å². The topological polar surface area (TPSA) is 70.3 Å². The van der Waals surface area contributed by atoms with E-state index >= 15 is 0 Å². The van der Waals surface area contributed by atoms with E-state index in [0.717, 1.165) is 27.4 Å². The molecular formula is C25H20N2O4S2. The zero-order valence-corrected chi connectivity index (χ0v) is 19.4. The van der Waals surface area contributed by atoms with Crippen molar-refractivity contribution in [2.45, 2.75) is 16.7 Å². The third-order valence-corrected chi connectivity index (χ3v) is 7.87. The number of carbonyl (C=O) groups is 1. The lowest BCUT2D eigenvalue weighted by Crippen LogP contribution is -2.38. The summed E-state index contributed by atoms with van der Waals surface area (Å²) in [7, 11) is 1.61. The van der Waals surface area contributed by atoms with E-state index < -0.39 is 17.2 Å². The molecule has 0 bridgehead atoms. The summed E-state index contributed by atoms with van der Waals surface area (Å²) < 4.78 is 8.16. The fourth-order valence-electron chi connectivity index (χ4n) is 3.75. The fraction of sp³-hybridized carbons (Fsp3) is 0.160. The second-order valence-electron chi connectivity index (χ2n) is 7.70. The van der Waals surface area contributed by atoms with E-state index in [4.69, 9.17) is 4.74 Å². The monoisotopic (exact) mass is 476 g/mol. The lowest BCUT2D eigenvalue weighted by atomic mass is 10.2. The Balaban J connectivity index is 1.37. The molecule has 6 nitrogen and oxygen atoms in total. The van der Waals surface area contributed by atoms with E-state index in [2.05, 4.69) is 0 Å². The van der Waals surface area contributed by atoms with E-state index in [1.165, 1.54) is 15.2 Å². The van der Waals surface area contributed by atoms with Crippen LogP contribution < -0.4 is 11.2 Å². The molecule has 1 unspecified atom stereocenters. The Morgan fingerprint density at radius 2 is 1.82 bits per heavy atom. The second kappa shape index (κ2) is 8.88. The number of rotatable bonds is 5. The van der Waals surface area contributed by atoms with Crippen LogP contribution in [0.1, 0.15) is 20.8 Å². The predicted molar refractivity (Wildman–Crippen MR) is 132 cm³/mol. The van der Waals surface area contributed by atoms with Crippen molar-refractivity contribution in [3.63, 3.8) is 0 Å². The minimum Gasteiger partial charge on any atom is -0.460 e. The molecule has 166 valence electrons. The van der Waals surface area contributed by atoms with Gasteiger partial charge in [-0.3, -0.25) is 13.9 Å². The highest BCUT2D eigenvalue weighted by atomic mass is 32.2. The number of hydrogen-bond acceptors (Lipinski definition) is 6. The summed E-state index contributed by atoms with van der Waals surface area (Å²) in [6, 6.07) is 18.9. The minimum absolute atomic E-state index is 0.0192. The van der Waals surface area contributed by atoms with Crippen molar-refractivity contribution in [3.8, 4) is 0 Å². The molecule has 0 saturated heterocycles. The summed E-state index contributed by atoms with van der Waals surface area (Å²) in [4.78, 5) is 40.5. The molecule has 1 aliphatic rings. The van der Waals surface area contributed by atoms with Gasteiger partial charge in [-0.15, -0.1) is 23.1 Å². The maximum Gasteiger partial charge on any atom is 0.348 e. The Morgan fingerprint density at radius 3 is 2.64 bits per heavy atom. The summed E-state index contributed by atoms with van der Waals surface area (Å²) in [5.74, 6) is -0.495. The summed E-state index contributed by atoms with van der Waals surface area (Å²) in [6.45, 7) is 0.393. The van der Waals surface area contributed by atoms with Crippen LogP contribution in [0.2, 0.25) is 0 Å². The van der Waals surface area contributed by atoms with Crippen molar-refractivity contribution in [1.29, 1.82) is 0 Å². The summed E-state index contributed by atoms with van der Waals surface area (Å²) in [5.41, 5.74) is 1.18. The van der Waals surface area contributed by atoms with Gasteiger partial charge in [0.25, 0.3) is 5.56 Å². The molecule has 0 saturated carbocycles. The Bertz CT molecular complexity index is 1500. The highest BCUT2D eigenvalue weighted by molar-refractivity contribution is 8.00. The lowest BCUT2D eigenvalue weighted by Gasteiger charge is -2.18. The van der Waals surface area contributed by atoms with Crippen LogP contribution in [-0.2, 0) is 18.3 Å². The number of ether oxygens (including phenoxy) is 1. The lowest BCUT2D eigenvalue weighted by molar-refractivity contribution is 0.0522. The Morgan fingerprint density at radius 1 is 1.06 bits per heavy atom. The standard InChI is InChI=1S/C25H20N2O4S2/c1-26-23-19(22(28)27(25(26)30)14-16-7-3-2-4-8-16)13-21(33-23)24(29)31-15-18-12-11-17-9-5-6-10-20(17)32-18/h2-13,18H,14-15H2,1H3. The highest BCUT2D eigenvalue weighted by Gasteiger charge is 2.21. The van der Waals surface area contributed by atoms with Gasteiger partial charge < -0.3 is 4.74 Å². The molecule has 33 heavy (non-hydrogen) atoms. The Labute approximate surface area is 197 Å². The van der Waals surface area contributed by atoms with Gasteiger partial charge in [-0.1, -0.05) is 60.7 Å². The van der Waals surface area contributed by atoms with E-state index in [-0.39, 0.29) is 18.4 Å². The largest absolute Gasteiger partial charge is 0.460 e. The first-order valence-electron chi connectivity index (χ1n) is 10.4. The van der Waals surface area contributed by atoms with Crippen LogP contribution in [0.15, 0.2) is 81.2 Å². The van der Waals surface area contributed by atoms with Crippen molar-refractivity contribution in [2.75, 3.05) is 6.61 Å². The average molecular weight is 477 g/mol. The van der Waals surface area contributed by atoms with Crippen molar-refractivity contribution in [2.24, 2.45) is 7.05 Å². The fourth-order valence-corrected chi connectivity index (χ4v) is 5.79. The third kappa shape index (κ3) is 4.19. The van der Waals surface area contributed by atoms with Crippen LogP contribution in [0.5, 0.6) is 0 Å². The molecule has 8 heteroatoms. The van der Waals surface area contributed by atoms with E-state index in [0.29, 0.717) is 15.1 Å². The van der Waals surface area contributed by atoms with Crippen molar-refractivity contribution in [3.05, 3.63) is 104 Å². The Hall–Kier alpha value is -3.36. The number of aromatic nitrogens is 2. The number of thiophene rings is 1. The molecule has 0 spiro atoms. The van der Waals surface area contributed by atoms with E-state index in [1.807, 2.05) is 66.7 Å². The average Bonchev–Trinajstić information content (AvgIpc) is 3.30. The van der Waals surface area contributed by atoms with Gasteiger partial charge in [0.1, 0.15) is 16.3 Å². The van der Waals surface area contributed by atoms with Crippen LogP contribution in [-0.4, -0.2) is 27.0 Å². The zero-order valence-electron chi connectivity index (χ0n) is 17.8. The predicted octanol–water partition coefficient (Wildman–Crippen LogP) is 4.15. The van der Waals surface area contributed by atoms with Crippen LogP contribution in [0.4, 0.5) is 0 Å². The molecule has 2 aromatic carbocycles. The van der Waals surface area contributed by atoms with Gasteiger partial charge in [0, 0.05) is 11.9 Å². The number of benzene rings is 2. The normalized spacial score (nSPS) is 14.9. The van der Waals surface area contributed by atoms with Gasteiger partial charge in [-0.25, -0.2) is 9.59 Å². The van der Waals surface area contributed by atoms with Gasteiger partial charge >= 0.3 is 11.7 Å². The SMILES string of the molecule is Cn1c(=O)n(Cc2ccccc2)c(=O)c2cc(C(=O)OCC3C=Cc4ccccc4S3)sc21. The smallest absolute Gasteiger partial charge is 0.348 e. The van der Waals surface area contributed by atoms with Gasteiger partial charge in [0.15, 0.2) is 0 Å². The number of esters is 1. The summed E-state index contributed by atoms with van der Waals surface area (Å²) in [6.07, 6.45) is 4.06. The second-order valence-corrected chi connectivity index (χ2v) is 10.0. The number of fused-ring (bicyclic) bond motifs is 2. The maximum absolute atomic E-state index is 13.1. The number of carbonyl (C=O) groups excluding carboxylic acids is 1. The molecule has 4 aromatic rings. The molecule has 5 rings (SSSR count). The molecule has 0 fully saturated rings. The van der Waals surface area contributed by atoms with Gasteiger partial charge in [-0.2, -0.15) is 0 Å². The van der Waals surface area contributed by atoms with Gasteiger partial charge in [-0.05, 0) is 23.3 Å². The summed E-state index contributed by atoms with van der Waals surface area (Å²) >= 11 is 2.75. The number of aryl methyl sites for hydroxylation is 1. The van der Waals surface area contributed by atoms with Gasteiger partial charge in [0.2, 0.25) is 0 Å². The molecule has 2 aromatic heterocycles. The van der Waals surface area contributed by atoms with Crippen LogP contribution in [0.25, 0.3) is 16.3 Å². The molecule has 0 aliphatic carbocycles. The molecule has 3 heterocycles. The van der Waals surface area contributed by atoms with Crippen LogP contribution in [0, 0.1) is 0 Å². The number of nitrogens with zero attached hydrogens (tertiary/aromatic N) is 2. The third-order valence-electron chi connectivity index (χ3n) is 5.46. The molecule has 1 aliphatic heterocycles. The molecule has 0 N–H and O–H groups in total. The first-order chi connectivity index (χ1) is 16.0. The van der Waals surface area contributed by atoms with Crippen molar-refractivity contribution in [1.82, 2.24) is 9.13 Å².